The fourth-order valence-corrected chi connectivity index (χ4v) is 3.71. The summed E-state index contributed by atoms with van der Waals surface area (Å²) < 4.78 is 63.5. The largest absolute Gasteiger partial charge is 0.490 e. The second kappa shape index (κ2) is 14.8. The number of halogens is 6. The van der Waals surface area contributed by atoms with Gasteiger partial charge in [-0.15, -0.1) is 0 Å². The lowest BCUT2D eigenvalue weighted by Gasteiger charge is -2.19. The summed E-state index contributed by atoms with van der Waals surface area (Å²) >= 11 is 0. The summed E-state index contributed by atoms with van der Waals surface area (Å²) in [5, 5.41) is 17.3. The van der Waals surface area contributed by atoms with Gasteiger partial charge in [-0.05, 0) is 48.9 Å². The molecular formula is C26H31F6N5O5. The Kier molecular flexibility index (Phi) is 12.1. The van der Waals surface area contributed by atoms with Gasteiger partial charge in [0, 0.05) is 58.6 Å². The van der Waals surface area contributed by atoms with E-state index in [4.69, 9.17) is 24.8 Å². The third-order valence-corrected chi connectivity index (χ3v) is 6.05. The van der Waals surface area contributed by atoms with Crippen molar-refractivity contribution in [3.8, 4) is 0 Å². The SMILES string of the molecule is CN(C)c1nc2c(cc1C(=O)NCC1CC1)CCN(Cc1ccccn1)CC2.O=C(O)C(F)(F)F.O=C(O)C(F)(F)F. The first-order chi connectivity index (χ1) is 19.5. The highest BCUT2D eigenvalue weighted by atomic mass is 19.4. The number of nitrogens with one attached hydrogen (secondary N) is 1. The highest BCUT2D eigenvalue weighted by molar-refractivity contribution is 5.99. The summed E-state index contributed by atoms with van der Waals surface area (Å²) in [5.74, 6) is -4.08. The van der Waals surface area contributed by atoms with Crippen LogP contribution in [0.1, 0.15) is 40.2 Å². The van der Waals surface area contributed by atoms with Crippen LogP contribution >= 0.6 is 0 Å². The number of aliphatic carboxylic acids is 2. The second-order valence-electron chi connectivity index (χ2n) is 9.72. The standard InChI is InChI=1S/C22H29N5O.2C2HF3O2/c1-26(2)21-19(22(28)24-14-16-6-7-16)13-17-8-11-27(12-9-20(17)25-21)15-18-5-3-4-10-23-18;2*3-2(4,5)1(6)7/h3-5,10,13,16H,6-9,11-12,14-15H2,1-2H3,(H,24,28);2*(H,6,7). The molecule has 2 aromatic rings. The third kappa shape index (κ3) is 11.5. The molecule has 2 aliphatic rings. The van der Waals surface area contributed by atoms with E-state index in [-0.39, 0.29) is 5.91 Å². The molecule has 0 atom stereocenters. The number of amides is 1. The number of carbonyl (C=O) groups is 3. The van der Waals surface area contributed by atoms with Crippen LogP contribution in [0.4, 0.5) is 32.2 Å². The zero-order chi connectivity index (χ0) is 31.7. The minimum Gasteiger partial charge on any atom is -0.475 e. The van der Waals surface area contributed by atoms with Gasteiger partial charge >= 0.3 is 24.3 Å². The fraction of sp³-hybridized carbons (Fsp3) is 0.500. The number of anilines is 1. The second-order valence-corrected chi connectivity index (χ2v) is 9.72. The summed E-state index contributed by atoms with van der Waals surface area (Å²) in [4.78, 5) is 44.3. The molecule has 0 radical (unpaired) electrons. The Labute approximate surface area is 237 Å². The molecule has 0 unspecified atom stereocenters. The number of fused-ring (bicyclic) bond motifs is 1. The number of carboxylic acids is 2. The number of rotatable bonds is 6. The number of carbonyl (C=O) groups excluding carboxylic acids is 1. The van der Waals surface area contributed by atoms with Crippen molar-refractivity contribution in [2.24, 2.45) is 5.92 Å². The van der Waals surface area contributed by atoms with Crippen molar-refractivity contribution in [2.75, 3.05) is 38.6 Å². The van der Waals surface area contributed by atoms with Crippen LogP contribution < -0.4 is 10.2 Å². The van der Waals surface area contributed by atoms with Gasteiger partial charge < -0.3 is 20.4 Å². The Morgan fingerprint density at radius 3 is 2.05 bits per heavy atom. The van der Waals surface area contributed by atoms with Gasteiger partial charge in [-0.1, -0.05) is 6.07 Å². The number of pyridine rings is 2. The number of aromatic nitrogens is 2. The number of nitrogens with zero attached hydrogens (tertiary/aromatic N) is 4. The van der Waals surface area contributed by atoms with Crippen molar-refractivity contribution < 1.29 is 50.9 Å². The van der Waals surface area contributed by atoms with Gasteiger partial charge in [0.15, 0.2) is 0 Å². The van der Waals surface area contributed by atoms with Crippen molar-refractivity contribution in [2.45, 2.75) is 44.6 Å². The zero-order valence-electron chi connectivity index (χ0n) is 22.8. The van der Waals surface area contributed by atoms with Crippen LogP contribution in [-0.2, 0) is 29.0 Å². The molecule has 0 bridgehead atoms. The quantitative estimate of drug-likeness (QED) is 0.422. The number of alkyl halides is 6. The number of carboxylic acid groups (broad SMARTS) is 2. The molecule has 3 heterocycles. The van der Waals surface area contributed by atoms with Gasteiger partial charge in [-0.3, -0.25) is 14.7 Å². The highest BCUT2D eigenvalue weighted by Crippen LogP contribution is 2.28. The molecule has 232 valence electrons. The number of hydrogen-bond donors (Lipinski definition) is 3. The first-order valence-electron chi connectivity index (χ1n) is 12.7. The maximum Gasteiger partial charge on any atom is 0.490 e. The Morgan fingerprint density at radius 1 is 1.00 bits per heavy atom. The molecule has 4 rings (SSSR count). The van der Waals surface area contributed by atoms with E-state index in [1.54, 1.807) is 0 Å². The molecule has 0 spiro atoms. The van der Waals surface area contributed by atoms with Gasteiger partial charge in [0.25, 0.3) is 5.91 Å². The summed E-state index contributed by atoms with van der Waals surface area (Å²) in [6.07, 6.45) is -4.05. The van der Waals surface area contributed by atoms with E-state index in [1.165, 1.54) is 18.4 Å². The van der Waals surface area contributed by atoms with Crippen molar-refractivity contribution in [3.63, 3.8) is 0 Å². The molecule has 10 nitrogen and oxygen atoms in total. The van der Waals surface area contributed by atoms with E-state index in [0.717, 1.165) is 56.2 Å². The third-order valence-electron chi connectivity index (χ3n) is 6.05. The van der Waals surface area contributed by atoms with Gasteiger partial charge in [0.1, 0.15) is 5.82 Å². The molecule has 1 fully saturated rings. The summed E-state index contributed by atoms with van der Waals surface area (Å²) in [5.41, 5.74) is 4.11. The number of hydrogen-bond acceptors (Lipinski definition) is 7. The minimum atomic E-state index is -5.08. The Hall–Kier alpha value is -3.95. The average molecular weight is 608 g/mol. The molecule has 0 aromatic carbocycles. The van der Waals surface area contributed by atoms with E-state index in [9.17, 15) is 31.1 Å². The van der Waals surface area contributed by atoms with Crippen LogP contribution in [0.3, 0.4) is 0 Å². The fourth-order valence-electron chi connectivity index (χ4n) is 3.71. The lowest BCUT2D eigenvalue weighted by atomic mass is 10.0. The van der Waals surface area contributed by atoms with Crippen molar-refractivity contribution in [3.05, 3.63) is 53.0 Å². The topological polar surface area (TPSA) is 136 Å². The monoisotopic (exact) mass is 607 g/mol. The van der Waals surface area contributed by atoms with Crippen LogP contribution in [-0.4, -0.2) is 89.0 Å². The average Bonchev–Trinajstić information content (AvgIpc) is 3.75. The Balaban J connectivity index is 0.000000367. The predicted molar refractivity (Wildman–Crippen MR) is 138 cm³/mol. The molecule has 16 heteroatoms. The molecule has 1 saturated carbocycles. The summed E-state index contributed by atoms with van der Waals surface area (Å²) in [6.45, 7) is 3.54. The van der Waals surface area contributed by atoms with Gasteiger partial charge in [0.05, 0.1) is 11.3 Å². The van der Waals surface area contributed by atoms with Gasteiger partial charge in [-0.2, -0.15) is 26.3 Å². The van der Waals surface area contributed by atoms with Crippen molar-refractivity contribution in [1.82, 2.24) is 20.2 Å². The smallest absolute Gasteiger partial charge is 0.475 e. The van der Waals surface area contributed by atoms with Crippen LogP contribution in [0.25, 0.3) is 0 Å². The maximum atomic E-state index is 12.8. The lowest BCUT2D eigenvalue weighted by Crippen LogP contribution is -2.28. The zero-order valence-corrected chi connectivity index (χ0v) is 22.8. The predicted octanol–water partition coefficient (Wildman–Crippen LogP) is 3.55. The first kappa shape index (κ1) is 34.3. The van der Waals surface area contributed by atoms with Gasteiger partial charge in [0.2, 0.25) is 0 Å². The van der Waals surface area contributed by atoms with E-state index >= 15 is 0 Å². The lowest BCUT2D eigenvalue weighted by molar-refractivity contribution is -0.193. The molecule has 2 aromatic heterocycles. The van der Waals surface area contributed by atoms with E-state index in [1.807, 2.05) is 37.3 Å². The molecule has 3 N–H and O–H groups in total. The van der Waals surface area contributed by atoms with E-state index in [0.29, 0.717) is 11.5 Å². The van der Waals surface area contributed by atoms with Crippen molar-refractivity contribution >= 4 is 23.7 Å². The summed E-state index contributed by atoms with van der Waals surface area (Å²) in [6, 6.07) is 8.13. The molecule has 42 heavy (non-hydrogen) atoms. The van der Waals surface area contributed by atoms with Crippen LogP contribution in [0.5, 0.6) is 0 Å². The molecular weight excluding hydrogens is 576 g/mol. The molecule has 0 saturated heterocycles. The molecule has 1 amide bonds. The van der Waals surface area contributed by atoms with Crippen molar-refractivity contribution in [1.29, 1.82) is 0 Å². The Morgan fingerprint density at radius 2 is 1.57 bits per heavy atom. The summed E-state index contributed by atoms with van der Waals surface area (Å²) in [7, 11) is 3.91. The normalized spacial score (nSPS) is 15.0. The maximum absolute atomic E-state index is 12.8. The van der Waals surface area contributed by atoms with Crippen LogP contribution in [0.15, 0.2) is 30.5 Å². The van der Waals surface area contributed by atoms with Gasteiger partial charge in [-0.25, -0.2) is 14.6 Å². The van der Waals surface area contributed by atoms with Crippen LogP contribution in [0, 0.1) is 5.92 Å². The van der Waals surface area contributed by atoms with Crippen LogP contribution in [0.2, 0.25) is 0 Å². The molecule has 1 aliphatic heterocycles. The van der Waals surface area contributed by atoms with E-state index in [2.05, 4.69) is 27.3 Å². The molecule has 1 aliphatic carbocycles. The van der Waals surface area contributed by atoms with E-state index < -0.39 is 24.3 Å². The Bertz CT molecular complexity index is 1200. The highest BCUT2D eigenvalue weighted by Gasteiger charge is 2.39. The first-order valence-corrected chi connectivity index (χ1v) is 12.7. The minimum absolute atomic E-state index is 0.000452.